The number of fused-ring (bicyclic) bond motifs is 1. The largest absolute Gasteiger partial charge is 0.465 e. The topological polar surface area (TPSA) is 86.8 Å². The van der Waals surface area contributed by atoms with Gasteiger partial charge in [-0.05, 0) is 63.5 Å². The van der Waals surface area contributed by atoms with E-state index in [1.807, 2.05) is 6.07 Å². The molecule has 0 atom stereocenters. The van der Waals surface area contributed by atoms with Crippen LogP contribution in [0.2, 0.25) is 0 Å². The molecule has 146 valence electrons. The van der Waals surface area contributed by atoms with Gasteiger partial charge in [-0.25, -0.2) is 4.79 Å². The third kappa shape index (κ3) is 4.50. The Balaban J connectivity index is 1.69. The molecule has 1 amide bonds. The smallest absolute Gasteiger partial charge is 0.407 e. The number of nitrogens with zero attached hydrogens (tertiary/aromatic N) is 2. The molecule has 1 fully saturated rings. The number of benzene rings is 1. The first kappa shape index (κ1) is 19.4. The van der Waals surface area contributed by atoms with Crippen LogP contribution in [-0.4, -0.2) is 39.5 Å². The van der Waals surface area contributed by atoms with E-state index >= 15 is 0 Å². The van der Waals surface area contributed by atoms with E-state index in [0.29, 0.717) is 24.6 Å². The molecule has 2 N–H and O–H groups in total. The highest BCUT2D eigenvalue weighted by molar-refractivity contribution is 5.83. The molecule has 6 nitrogen and oxygen atoms in total. The van der Waals surface area contributed by atoms with Gasteiger partial charge < -0.3 is 19.6 Å². The van der Waals surface area contributed by atoms with Crippen molar-refractivity contribution in [3.63, 3.8) is 0 Å². The minimum atomic E-state index is -0.823. The number of aryl methyl sites for hydroxylation is 1. The van der Waals surface area contributed by atoms with E-state index in [2.05, 4.69) is 31.1 Å². The van der Waals surface area contributed by atoms with Gasteiger partial charge in [0.05, 0.1) is 12.3 Å². The summed E-state index contributed by atoms with van der Waals surface area (Å²) in [6, 6.07) is 4.10. The Morgan fingerprint density at radius 3 is 2.70 bits per heavy atom. The maximum atomic E-state index is 11.0. The average molecular weight is 372 g/mol. The molecule has 0 aliphatic carbocycles. The first-order valence-electron chi connectivity index (χ1n) is 9.60. The number of likely N-dealkylation sites (tertiary alicyclic amines) is 1. The fourth-order valence-electron chi connectivity index (χ4n) is 3.76. The van der Waals surface area contributed by atoms with Gasteiger partial charge in [0.2, 0.25) is 0 Å². The van der Waals surface area contributed by atoms with E-state index < -0.39 is 6.09 Å². The zero-order valence-electron chi connectivity index (χ0n) is 16.1. The highest BCUT2D eigenvalue weighted by Crippen LogP contribution is 2.29. The van der Waals surface area contributed by atoms with Gasteiger partial charge in [0.1, 0.15) is 0 Å². The molecule has 0 saturated carbocycles. The second-order valence-corrected chi connectivity index (χ2v) is 7.60. The van der Waals surface area contributed by atoms with Crippen LogP contribution in [-0.2, 0) is 19.4 Å². The van der Waals surface area contributed by atoms with Crippen LogP contribution in [0.5, 0.6) is 0 Å². The highest BCUT2D eigenvalue weighted by Gasteiger charge is 2.23. The number of rotatable bonds is 6. The third-order valence-electron chi connectivity index (χ3n) is 5.48. The van der Waals surface area contributed by atoms with Gasteiger partial charge in [-0.15, -0.1) is 0 Å². The SMILES string of the molecule is CC(C)=CCc1ccc2c(CCC3CCN(C(=O)O)CC3)noc2c1CO. The summed E-state index contributed by atoms with van der Waals surface area (Å²) in [5.74, 6) is 0.515. The summed E-state index contributed by atoms with van der Waals surface area (Å²) >= 11 is 0. The van der Waals surface area contributed by atoms with E-state index in [0.717, 1.165) is 54.3 Å². The maximum absolute atomic E-state index is 11.0. The summed E-state index contributed by atoms with van der Waals surface area (Å²) < 4.78 is 5.59. The number of amides is 1. The molecule has 27 heavy (non-hydrogen) atoms. The fraction of sp³-hybridized carbons (Fsp3) is 0.524. The van der Waals surface area contributed by atoms with E-state index in [1.165, 1.54) is 10.5 Å². The van der Waals surface area contributed by atoms with Crippen molar-refractivity contribution in [3.05, 3.63) is 40.6 Å². The minimum absolute atomic E-state index is 0.0639. The van der Waals surface area contributed by atoms with Crippen molar-refractivity contribution in [2.45, 2.75) is 52.6 Å². The summed E-state index contributed by atoms with van der Waals surface area (Å²) in [6.45, 7) is 5.28. The van der Waals surface area contributed by atoms with E-state index in [9.17, 15) is 9.90 Å². The second-order valence-electron chi connectivity index (χ2n) is 7.60. The summed E-state index contributed by atoms with van der Waals surface area (Å²) in [6.07, 6.45) is 5.67. The van der Waals surface area contributed by atoms with Gasteiger partial charge in [-0.3, -0.25) is 0 Å². The molecule has 2 heterocycles. The van der Waals surface area contributed by atoms with Crippen molar-refractivity contribution in [3.8, 4) is 0 Å². The van der Waals surface area contributed by atoms with Gasteiger partial charge in [0.15, 0.2) is 5.58 Å². The lowest BCUT2D eigenvalue weighted by molar-refractivity contribution is 0.123. The summed E-state index contributed by atoms with van der Waals surface area (Å²) in [5.41, 5.74) is 4.74. The molecule has 0 unspecified atom stereocenters. The standard InChI is InChI=1S/C21H28N2O4/c1-14(2)3-5-16-6-7-17-19(22-27-20(17)18(16)13-24)8-4-15-9-11-23(12-10-15)21(25)26/h3,6-7,15,24H,4-5,8-13H2,1-2H3,(H,25,26). The monoisotopic (exact) mass is 372 g/mol. The molecule has 1 aliphatic rings. The van der Waals surface area contributed by atoms with Crippen molar-refractivity contribution >= 4 is 17.1 Å². The molecule has 0 bridgehead atoms. The Morgan fingerprint density at radius 1 is 1.33 bits per heavy atom. The highest BCUT2D eigenvalue weighted by atomic mass is 16.5. The van der Waals surface area contributed by atoms with Crippen LogP contribution in [0.4, 0.5) is 4.79 Å². The zero-order valence-corrected chi connectivity index (χ0v) is 16.1. The summed E-state index contributed by atoms with van der Waals surface area (Å²) in [5, 5.41) is 24.1. The van der Waals surface area contributed by atoms with Crippen molar-refractivity contribution in [2.75, 3.05) is 13.1 Å². The van der Waals surface area contributed by atoms with Crippen LogP contribution in [0.15, 0.2) is 28.3 Å². The van der Waals surface area contributed by atoms with Gasteiger partial charge in [-0.2, -0.15) is 0 Å². The van der Waals surface area contributed by atoms with Gasteiger partial charge >= 0.3 is 6.09 Å². The predicted molar refractivity (Wildman–Crippen MR) is 104 cm³/mol. The van der Waals surface area contributed by atoms with Crippen LogP contribution < -0.4 is 0 Å². The Morgan fingerprint density at radius 2 is 2.07 bits per heavy atom. The zero-order chi connectivity index (χ0) is 19.4. The maximum Gasteiger partial charge on any atom is 0.407 e. The number of carboxylic acid groups (broad SMARTS) is 1. The average Bonchev–Trinajstić information content (AvgIpc) is 3.07. The number of allylic oxidation sites excluding steroid dienone is 2. The molecular formula is C21H28N2O4. The molecule has 0 spiro atoms. The van der Waals surface area contributed by atoms with E-state index in [4.69, 9.17) is 9.63 Å². The second kappa shape index (κ2) is 8.57. The van der Waals surface area contributed by atoms with Crippen molar-refractivity contribution in [1.29, 1.82) is 0 Å². The molecule has 1 aromatic carbocycles. The number of aliphatic hydroxyl groups is 1. The van der Waals surface area contributed by atoms with Gasteiger partial charge in [0.25, 0.3) is 0 Å². The Kier molecular flexibility index (Phi) is 6.16. The lowest BCUT2D eigenvalue weighted by Gasteiger charge is -2.29. The molecular weight excluding hydrogens is 344 g/mol. The Hall–Kier alpha value is -2.34. The third-order valence-corrected chi connectivity index (χ3v) is 5.48. The van der Waals surface area contributed by atoms with Crippen molar-refractivity contribution in [2.24, 2.45) is 5.92 Å². The summed E-state index contributed by atoms with van der Waals surface area (Å²) in [7, 11) is 0. The normalized spacial score (nSPS) is 15.3. The molecule has 6 heteroatoms. The van der Waals surface area contributed by atoms with Gasteiger partial charge in [-0.1, -0.05) is 22.9 Å². The lowest BCUT2D eigenvalue weighted by atomic mass is 9.91. The first-order chi connectivity index (χ1) is 13.0. The number of hydrogen-bond donors (Lipinski definition) is 2. The molecule has 3 rings (SSSR count). The number of aromatic nitrogens is 1. The number of piperidine rings is 1. The quantitative estimate of drug-likeness (QED) is 0.744. The van der Waals surface area contributed by atoms with Crippen LogP contribution in [0.25, 0.3) is 11.0 Å². The number of hydrogen-bond acceptors (Lipinski definition) is 4. The number of aliphatic hydroxyl groups excluding tert-OH is 1. The number of carbonyl (C=O) groups is 1. The molecule has 1 aliphatic heterocycles. The Bertz CT molecular complexity index is 828. The van der Waals surface area contributed by atoms with Crippen molar-refractivity contribution < 1.29 is 19.5 Å². The first-order valence-corrected chi connectivity index (χ1v) is 9.60. The van der Waals surface area contributed by atoms with Crippen LogP contribution in [0.3, 0.4) is 0 Å². The lowest BCUT2D eigenvalue weighted by Crippen LogP contribution is -2.37. The van der Waals surface area contributed by atoms with E-state index in [1.54, 1.807) is 0 Å². The molecule has 1 aromatic heterocycles. The van der Waals surface area contributed by atoms with Crippen LogP contribution in [0.1, 0.15) is 49.9 Å². The summed E-state index contributed by atoms with van der Waals surface area (Å²) in [4.78, 5) is 12.5. The van der Waals surface area contributed by atoms with Crippen LogP contribution >= 0.6 is 0 Å². The van der Waals surface area contributed by atoms with Gasteiger partial charge in [0, 0.05) is 24.0 Å². The molecule has 0 radical (unpaired) electrons. The molecule has 2 aromatic rings. The fourth-order valence-corrected chi connectivity index (χ4v) is 3.76. The van der Waals surface area contributed by atoms with E-state index in [-0.39, 0.29) is 6.61 Å². The Labute approximate surface area is 159 Å². The molecule has 1 saturated heterocycles. The predicted octanol–water partition coefficient (Wildman–Crippen LogP) is 4.15. The minimum Gasteiger partial charge on any atom is -0.465 e. The van der Waals surface area contributed by atoms with Crippen LogP contribution in [0, 0.1) is 5.92 Å². The van der Waals surface area contributed by atoms with Crippen molar-refractivity contribution in [1.82, 2.24) is 10.1 Å².